The summed E-state index contributed by atoms with van der Waals surface area (Å²) >= 11 is 0. The number of hydrogen-bond donors (Lipinski definition) is 8. The summed E-state index contributed by atoms with van der Waals surface area (Å²) in [5.74, 6) is -2.65. The van der Waals surface area contributed by atoms with Gasteiger partial charge in [-0.2, -0.15) is 0 Å². The number of hydrogen-bond acceptors (Lipinski definition) is 8. The summed E-state index contributed by atoms with van der Waals surface area (Å²) in [6.07, 6.45) is 4.56. The predicted molar refractivity (Wildman–Crippen MR) is 190 cm³/mol. The topological polar surface area (TPSA) is 267 Å². The molecule has 12 N–H and O–H groups in total. The van der Waals surface area contributed by atoms with Crippen LogP contribution in [0.3, 0.4) is 0 Å². The fourth-order valence-electron chi connectivity index (χ4n) is 5.04. The molecule has 0 saturated heterocycles. The Bertz CT molecular complexity index is 1580. The van der Waals surface area contributed by atoms with Gasteiger partial charge in [-0.25, -0.2) is 4.79 Å². The maximum absolute atomic E-state index is 13.9. The number of amidine groups is 1. The van der Waals surface area contributed by atoms with Crippen molar-refractivity contribution in [2.75, 3.05) is 13.1 Å². The number of ether oxygens (including phenoxy) is 1. The molecule has 50 heavy (non-hydrogen) atoms. The quantitative estimate of drug-likeness (QED) is 0.0483. The lowest BCUT2D eigenvalue weighted by Crippen LogP contribution is -2.53. The Morgan fingerprint density at radius 2 is 1.50 bits per heavy atom. The molecule has 1 unspecified atom stereocenters. The van der Waals surface area contributed by atoms with Crippen LogP contribution in [0.4, 0.5) is 4.79 Å². The molecule has 0 aliphatic heterocycles. The number of carbonyl (C=O) groups is 4. The van der Waals surface area contributed by atoms with Crippen LogP contribution in [0.15, 0.2) is 84.1 Å². The number of amides is 4. The number of aliphatic imine (C=N–C) groups is 1. The highest BCUT2D eigenvalue weighted by Gasteiger charge is 2.29. The molecule has 3 aromatic rings. The molecule has 3 rings (SSSR count). The monoisotopic (exact) mass is 686 g/mol. The second-order valence-electron chi connectivity index (χ2n) is 11.6. The summed E-state index contributed by atoms with van der Waals surface area (Å²) in [4.78, 5) is 60.0. The molecule has 1 heterocycles. The number of unbranched alkanes of at least 4 members (excludes halogenated alkanes) is 1. The van der Waals surface area contributed by atoms with E-state index in [4.69, 9.17) is 33.1 Å². The summed E-state index contributed by atoms with van der Waals surface area (Å²) in [7, 11) is 0. The minimum absolute atomic E-state index is 0.0725. The van der Waals surface area contributed by atoms with Crippen molar-refractivity contribution in [2.45, 2.75) is 63.1 Å². The van der Waals surface area contributed by atoms with Crippen molar-refractivity contribution in [3.05, 3.63) is 101 Å². The Morgan fingerprint density at radius 1 is 0.800 bits per heavy atom. The van der Waals surface area contributed by atoms with E-state index in [2.05, 4.69) is 25.9 Å². The molecule has 0 saturated carbocycles. The van der Waals surface area contributed by atoms with Crippen molar-refractivity contribution in [2.24, 2.45) is 27.9 Å². The molecule has 4 amide bonds. The second-order valence-corrected chi connectivity index (χ2v) is 11.6. The lowest BCUT2D eigenvalue weighted by molar-refractivity contribution is -0.132. The molecular weight excluding hydrogens is 640 g/mol. The standard InChI is InChI=1S/C35H46N10O5/c36-30(37)25-15-13-23(14-16-25)20-27(26-10-6-17-41-21-26)32(47)45-29(33(48)44-28(31(38)46)12-7-19-42-34(39)40)11-4-5-18-43-35(49)50-22-24-8-2-1-3-9-24/h1-3,6,8-10,13-17,21,27-29H,4-5,7,11-12,18-20,22H2,(H3,36,37)(H2,38,46)(H,43,49)(H,44,48)(H,45,47)(H4,39,40,42)/t27?,28-,29-/m0/s1. The number of benzene rings is 2. The summed E-state index contributed by atoms with van der Waals surface area (Å²) in [6, 6.07) is 17.7. The van der Waals surface area contributed by atoms with Crippen molar-refractivity contribution in [3.8, 4) is 0 Å². The number of alkyl carbamates (subject to hydrolysis) is 1. The van der Waals surface area contributed by atoms with Crippen LogP contribution in [-0.4, -0.2) is 65.8 Å². The van der Waals surface area contributed by atoms with Crippen LogP contribution in [-0.2, 0) is 32.1 Å². The Hall–Kier alpha value is -5.99. The first kappa shape index (κ1) is 38.5. The van der Waals surface area contributed by atoms with Crippen molar-refractivity contribution < 1.29 is 23.9 Å². The molecular formula is C35H46N10O5. The molecule has 0 radical (unpaired) electrons. The maximum Gasteiger partial charge on any atom is 0.407 e. The van der Waals surface area contributed by atoms with Gasteiger partial charge >= 0.3 is 6.09 Å². The number of guanidine groups is 1. The van der Waals surface area contributed by atoms with Gasteiger partial charge in [0.15, 0.2) is 5.96 Å². The average molecular weight is 687 g/mol. The van der Waals surface area contributed by atoms with Gasteiger partial charge in [0.25, 0.3) is 0 Å². The van der Waals surface area contributed by atoms with Gasteiger partial charge in [-0.3, -0.25) is 29.8 Å². The first-order chi connectivity index (χ1) is 24.0. The third kappa shape index (κ3) is 13.6. The summed E-state index contributed by atoms with van der Waals surface area (Å²) in [5, 5.41) is 15.9. The zero-order valence-electron chi connectivity index (χ0n) is 27.8. The predicted octanol–water partition coefficient (Wildman–Crippen LogP) is 1.30. The van der Waals surface area contributed by atoms with E-state index < -0.39 is 41.8 Å². The molecule has 0 spiro atoms. The Balaban J connectivity index is 1.70. The summed E-state index contributed by atoms with van der Waals surface area (Å²) in [6.45, 7) is 0.648. The number of nitrogens with zero attached hydrogens (tertiary/aromatic N) is 2. The Kier molecular flexibility index (Phi) is 15.7. The zero-order chi connectivity index (χ0) is 36.3. The lowest BCUT2D eigenvalue weighted by atomic mass is 9.91. The van der Waals surface area contributed by atoms with Gasteiger partial charge in [-0.1, -0.05) is 60.7 Å². The smallest absolute Gasteiger partial charge is 0.407 e. The number of pyridine rings is 1. The number of carbonyl (C=O) groups excluding carboxylic acids is 4. The number of primary amides is 1. The van der Waals surface area contributed by atoms with E-state index in [9.17, 15) is 19.2 Å². The van der Waals surface area contributed by atoms with E-state index in [-0.39, 0.29) is 50.8 Å². The van der Waals surface area contributed by atoms with E-state index in [1.54, 1.807) is 48.8 Å². The van der Waals surface area contributed by atoms with Crippen molar-refractivity contribution >= 4 is 35.6 Å². The molecule has 0 aliphatic rings. The van der Waals surface area contributed by atoms with E-state index >= 15 is 0 Å². The largest absolute Gasteiger partial charge is 0.445 e. The number of nitrogens with two attached hydrogens (primary N) is 4. The molecule has 266 valence electrons. The number of aromatic nitrogens is 1. The van der Waals surface area contributed by atoms with Gasteiger partial charge in [-0.05, 0) is 61.3 Å². The lowest BCUT2D eigenvalue weighted by Gasteiger charge is -2.25. The van der Waals surface area contributed by atoms with E-state index in [0.29, 0.717) is 30.4 Å². The van der Waals surface area contributed by atoms with Crippen LogP contribution in [0.1, 0.15) is 60.3 Å². The average Bonchev–Trinajstić information content (AvgIpc) is 3.10. The Labute approximate surface area is 291 Å². The molecule has 15 nitrogen and oxygen atoms in total. The van der Waals surface area contributed by atoms with Gasteiger partial charge in [-0.15, -0.1) is 0 Å². The molecule has 0 bridgehead atoms. The van der Waals surface area contributed by atoms with E-state index in [1.165, 1.54) is 0 Å². The normalized spacial score (nSPS) is 12.4. The number of nitrogens with one attached hydrogen (secondary N) is 4. The zero-order valence-corrected chi connectivity index (χ0v) is 27.8. The molecule has 15 heteroatoms. The van der Waals surface area contributed by atoms with Crippen LogP contribution < -0.4 is 38.9 Å². The van der Waals surface area contributed by atoms with E-state index in [1.807, 2.05) is 30.3 Å². The first-order valence-electron chi connectivity index (χ1n) is 16.3. The van der Waals surface area contributed by atoms with Crippen molar-refractivity contribution in [3.63, 3.8) is 0 Å². The highest BCUT2D eigenvalue weighted by molar-refractivity contribution is 5.95. The minimum Gasteiger partial charge on any atom is -0.445 e. The Morgan fingerprint density at radius 3 is 2.14 bits per heavy atom. The summed E-state index contributed by atoms with van der Waals surface area (Å²) in [5.41, 5.74) is 24.8. The first-order valence-corrected chi connectivity index (χ1v) is 16.3. The van der Waals surface area contributed by atoms with Crippen LogP contribution in [0.5, 0.6) is 0 Å². The number of nitrogen functional groups attached to an aromatic ring is 1. The molecule has 3 atom stereocenters. The molecule has 2 aromatic carbocycles. The van der Waals surface area contributed by atoms with Crippen molar-refractivity contribution in [1.29, 1.82) is 5.41 Å². The van der Waals surface area contributed by atoms with Gasteiger partial charge in [0.05, 0.1) is 5.92 Å². The highest BCUT2D eigenvalue weighted by Crippen LogP contribution is 2.22. The summed E-state index contributed by atoms with van der Waals surface area (Å²) < 4.78 is 5.24. The van der Waals surface area contributed by atoms with Gasteiger partial charge in [0.2, 0.25) is 17.7 Å². The van der Waals surface area contributed by atoms with Gasteiger partial charge in [0, 0.05) is 31.0 Å². The second kappa shape index (κ2) is 20.4. The molecule has 1 aromatic heterocycles. The van der Waals surface area contributed by atoms with Gasteiger partial charge in [0.1, 0.15) is 24.5 Å². The van der Waals surface area contributed by atoms with E-state index in [0.717, 1.165) is 11.1 Å². The molecule has 0 fully saturated rings. The van der Waals surface area contributed by atoms with Crippen LogP contribution in [0.25, 0.3) is 0 Å². The maximum atomic E-state index is 13.9. The fourth-order valence-corrected chi connectivity index (χ4v) is 5.04. The minimum atomic E-state index is -1.04. The SMILES string of the molecule is N=C(N)c1ccc(CC(C(=O)N[C@@H](CCCCNC(=O)OCc2ccccc2)C(=O)N[C@@H](CCCN=C(N)N)C(N)=O)c2cccnc2)cc1. The van der Waals surface area contributed by atoms with Crippen LogP contribution >= 0.6 is 0 Å². The third-order valence-corrected chi connectivity index (χ3v) is 7.75. The van der Waals surface area contributed by atoms with Gasteiger partial charge < -0.3 is 43.6 Å². The highest BCUT2D eigenvalue weighted by atomic mass is 16.5. The van der Waals surface area contributed by atoms with Crippen LogP contribution in [0, 0.1) is 5.41 Å². The van der Waals surface area contributed by atoms with Crippen LogP contribution in [0.2, 0.25) is 0 Å². The molecule has 0 aliphatic carbocycles. The fraction of sp³-hybridized carbons (Fsp3) is 0.343. The number of rotatable bonds is 20. The van der Waals surface area contributed by atoms with Crippen molar-refractivity contribution in [1.82, 2.24) is 20.9 Å². The third-order valence-electron chi connectivity index (χ3n) is 7.75.